The summed E-state index contributed by atoms with van der Waals surface area (Å²) < 4.78 is 7.31. The van der Waals surface area contributed by atoms with Gasteiger partial charge in [0.2, 0.25) is 5.91 Å². The van der Waals surface area contributed by atoms with Crippen molar-refractivity contribution < 1.29 is 9.21 Å². The molecule has 1 aliphatic carbocycles. The Morgan fingerprint density at radius 3 is 2.96 bits per heavy atom. The number of thiazole rings is 1. The molecule has 0 aliphatic heterocycles. The number of carbonyl (C=O) groups excluding carboxylic acids is 1. The van der Waals surface area contributed by atoms with Gasteiger partial charge in [0.05, 0.1) is 16.0 Å². The van der Waals surface area contributed by atoms with Gasteiger partial charge in [-0.05, 0) is 31.9 Å². The highest BCUT2D eigenvalue weighted by molar-refractivity contribution is 7.19. The van der Waals surface area contributed by atoms with Crippen LogP contribution in [0.3, 0.4) is 0 Å². The molecular weight excluding hydrogens is 340 g/mol. The summed E-state index contributed by atoms with van der Waals surface area (Å²) in [6.45, 7) is 1.72. The largest absolute Gasteiger partial charge is 0.463 e. The molecule has 0 atom stereocenters. The van der Waals surface area contributed by atoms with Crippen molar-refractivity contribution in [2.75, 3.05) is 0 Å². The lowest BCUT2D eigenvalue weighted by molar-refractivity contribution is -0.122. The first-order valence-electron chi connectivity index (χ1n) is 8.33. The van der Waals surface area contributed by atoms with Crippen LogP contribution in [0.25, 0.3) is 21.7 Å². The summed E-state index contributed by atoms with van der Waals surface area (Å²) in [4.78, 5) is 29.3. The van der Waals surface area contributed by atoms with Gasteiger partial charge in [0, 0.05) is 6.04 Å². The minimum atomic E-state index is -0.351. The normalized spacial score (nSPS) is 15.1. The first kappa shape index (κ1) is 16.0. The zero-order valence-corrected chi connectivity index (χ0v) is 14.6. The summed E-state index contributed by atoms with van der Waals surface area (Å²) in [5, 5.41) is 8.15. The molecule has 1 fully saturated rings. The van der Waals surface area contributed by atoms with Gasteiger partial charge < -0.3 is 9.73 Å². The van der Waals surface area contributed by atoms with Crippen molar-refractivity contribution in [1.29, 1.82) is 0 Å². The Hall–Kier alpha value is -2.48. The second-order valence-electron chi connectivity index (χ2n) is 6.25. The molecule has 1 aliphatic rings. The predicted octanol–water partition coefficient (Wildman–Crippen LogP) is 2.48. The standard InChI is InChI=1S/C17H18N4O3S/c1-10-18-15-16(25-10)14(12-7-4-8-24-12)20-21(17(15)23)9-13(22)19-11-5-2-3-6-11/h4,7-8,11H,2-3,5-6,9H2,1H3,(H,19,22). The van der Waals surface area contributed by atoms with E-state index >= 15 is 0 Å². The molecule has 130 valence electrons. The van der Waals surface area contributed by atoms with E-state index in [4.69, 9.17) is 4.42 Å². The lowest BCUT2D eigenvalue weighted by Gasteiger charge is -2.12. The van der Waals surface area contributed by atoms with Gasteiger partial charge in [-0.25, -0.2) is 9.67 Å². The molecule has 25 heavy (non-hydrogen) atoms. The summed E-state index contributed by atoms with van der Waals surface area (Å²) in [6, 6.07) is 3.75. The number of carbonyl (C=O) groups is 1. The Morgan fingerprint density at radius 2 is 2.24 bits per heavy atom. The Balaban J connectivity index is 1.72. The van der Waals surface area contributed by atoms with Crippen molar-refractivity contribution in [3.8, 4) is 11.5 Å². The highest BCUT2D eigenvalue weighted by atomic mass is 32.1. The number of aryl methyl sites for hydroxylation is 1. The fourth-order valence-corrected chi connectivity index (χ4v) is 4.13. The maximum Gasteiger partial charge on any atom is 0.294 e. The fourth-order valence-electron chi connectivity index (χ4n) is 3.23. The fraction of sp³-hybridized carbons (Fsp3) is 0.412. The average molecular weight is 358 g/mol. The van der Waals surface area contributed by atoms with E-state index in [-0.39, 0.29) is 24.1 Å². The Bertz CT molecular complexity index is 968. The van der Waals surface area contributed by atoms with Crippen molar-refractivity contribution in [1.82, 2.24) is 20.1 Å². The molecule has 7 nitrogen and oxygen atoms in total. The van der Waals surface area contributed by atoms with E-state index in [0.717, 1.165) is 30.7 Å². The maximum atomic E-state index is 12.7. The lowest BCUT2D eigenvalue weighted by atomic mass is 10.2. The maximum absolute atomic E-state index is 12.7. The minimum Gasteiger partial charge on any atom is -0.463 e. The molecule has 0 bridgehead atoms. The molecule has 3 aromatic rings. The van der Waals surface area contributed by atoms with Crippen molar-refractivity contribution in [3.63, 3.8) is 0 Å². The molecular formula is C17H18N4O3S. The summed E-state index contributed by atoms with van der Waals surface area (Å²) in [6.07, 6.45) is 5.82. The van der Waals surface area contributed by atoms with Crippen LogP contribution in [-0.2, 0) is 11.3 Å². The van der Waals surface area contributed by atoms with Crippen LogP contribution in [-0.4, -0.2) is 26.7 Å². The second-order valence-corrected chi connectivity index (χ2v) is 7.45. The first-order valence-corrected chi connectivity index (χ1v) is 9.15. The number of nitrogens with zero attached hydrogens (tertiary/aromatic N) is 3. The van der Waals surface area contributed by atoms with Crippen molar-refractivity contribution in [3.05, 3.63) is 33.8 Å². The van der Waals surface area contributed by atoms with E-state index in [2.05, 4.69) is 15.4 Å². The molecule has 0 spiro atoms. The quantitative estimate of drug-likeness (QED) is 0.774. The van der Waals surface area contributed by atoms with Crippen LogP contribution in [0.4, 0.5) is 0 Å². The zero-order chi connectivity index (χ0) is 17.4. The molecule has 1 N–H and O–H groups in total. The summed E-state index contributed by atoms with van der Waals surface area (Å²) in [5.74, 6) is 0.358. The molecule has 4 rings (SSSR count). The smallest absolute Gasteiger partial charge is 0.294 e. The van der Waals surface area contributed by atoms with E-state index in [1.165, 1.54) is 16.0 Å². The van der Waals surface area contributed by atoms with Gasteiger partial charge in [-0.15, -0.1) is 11.3 Å². The number of furan rings is 1. The van der Waals surface area contributed by atoms with E-state index < -0.39 is 0 Å². The zero-order valence-electron chi connectivity index (χ0n) is 13.8. The van der Waals surface area contributed by atoms with Crippen molar-refractivity contribution in [2.45, 2.75) is 45.2 Å². The monoisotopic (exact) mass is 358 g/mol. The number of hydrogen-bond acceptors (Lipinski definition) is 6. The van der Waals surface area contributed by atoms with Crippen LogP contribution >= 0.6 is 11.3 Å². The molecule has 8 heteroatoms. The number of fused-ring (bicyclic) bond motifs is 1. The second kappa shape index (κ2) is 6.44. The van der Waals surface area contributed by atoms with E-state index in [0.29, 0.717) is 21.7 Å². The molecule has 0 aromatic carbocycles. The first-order chi connectivity index (χ1) is 12.1. The molecule has 3 heterocycles. The summed E-state index contributed by atoms with van der Waals surface area (Å²) in [5.41, 5.74) is 0.521. The third kappa shape index (κ3) is 3.09. The number of amides is 1. The minimum absolute atomic E-state index is 0.116. The molecule has 1 saturated carbocycles. The Morgan fingerprint density at radius 1 is 1.44 bits per heavy atom. The molecule has 0 unspecified atom stereocenters. The number of nitrogens with one attached hydrogen (secondary N) is 1. The topological polar surface area (TPSA) is 90.0 Å². The van der Waals surface area contributed by atoms with Crippen molar-refractivity contribution in [2.24, 2.45) is 0 Å². The van der Waals surface area contributed by atoms with E-state index in [1.54, 1.807) is 18.4 Å². The van der Waals surface area contributed by atoms with Gasteiger partial charge in [-0.2, -0.15) is 5.10 Å². The van der Waals surface area contributed by atoms with Crippen LogP contribution in [0, 0.1) is 6.92 Å². The Kier molecular flexibility index (Phi) is 4.12. The Labute approximate surface area is 147 Å². The highest BCUT2D eigenvalue weighted by Gasteiger charge is 2.21. The number of rotatable bonds is 4. The van der Waals surface area contributed by atoms with Gasteiger partial charge in [-0.3, -0.25) is 9.59 Å². The van der Waals surface area contributed by atoms with Crippen LogP contribution in [0.5, 0.6) is 0 Å². The molecule has 0 saturated heterocycles. The van der Waals surface area contributed by atoms with Crippen LogP contribution in [0.1, 0.15) is 30.7 Å². The number of aromatic nitrogens is 3. The summed E-state index contributed by atoms with van der Waals surface area (Å²) >= 11 is 1.40. The van der Waals surface area contributed by atoms with Gasteiger partial charge in [0.1, 0.15) is 12.2 Å². The van der Waals surface area contributed by atoms with Crippen LogP contribution in [0.2, 0.25) is 0 Å². The lowest BCUT2D eigenvalue weighted by Crippen LogP contribution is -2.38. The molecule has 1 amide bonds. The third-order valence-corrected chi connectivity index (χ3v) is 5.35. The third-order valence-electron chi connectivity index (χ3n) is 4.38. The molecule has 3 aromatic heterocycles. The van der Waals surface area contributed by atoms with Crippen LogP contribution in [0.15, 0.2) is 27.6 Å². The van der Waals surface area contributed by atoms with Gasteiger partial charge in [0.25, 0.3) is 5.56 Å². The SMILES string of the molecule is Cc1nc2c(=O)n(CC(=O)NC3CCCC3)nc(-c3ccco3)c2s1. The van der Waals surface area contributed by atoms with E-state index in [9.17, 15) is 9.59 Å². The van der Waals surface area contributed by atoms with Crippen LogP contribution < -0.4 is 10.9 Å². The summed E-state index contributed by atoms with van der Waals surface area (Å²) in [7, 11) is 0. The van der Waals surface area contributed by atoms with Gasteiger partial charge >= 0.3 is 0 Å². The average Bonchev–Trinajstić information content (AvgIpc) is 3.31. The van der Waals surface area contributed by atoms with Gasteiger partial charge in [-0.1, -0.05) is 12.8 Å². The predicted molar refractivity (Wildman–Crippen MR) is 94.5 cm³/mol. The van der Waals surface area contributed by atoms with Gasteiger partial charge in [0.15, 0.2) is 11.3 Å². The highest BCUT2D eigenvalue weighted by Crippen LogP contribution is 2.29. The van der Waals surface area contributed by atoms with Crippen molar-refractivity contribution >= 4 is 27.5 Å². The van der Waals surface area contributed by atoms with E-state index in [1.807, 2.05) is 6.92 Å². The number of hydrogen-bond donors (Lipinski definition) is 1. The molecule has 0 radical (unpaired) electrons.